The number of carbonyl (C=O) groups is 1. The van der Waals surface area contributed by atoms with Crippen molar-refractivity contribution in [3.05, 3.63) is 16.7 Å². The van der Waals surface area contributed by atoms with Gasteiger partial charge in [-0.05, 0) is 19.8 Å². The minimum Gasteiger partial charge on any atom is -0.466 e. The van der Waals surface area contributed by atoms with E-state index in [0.717, 1.165) is 24.5 Å². The van der Waals surface area contributed by atoms with E-state index in [1.807, 2.05) is 11.8 Å². The van der Waals surface area contributed by atoms with E-state index in [1.54, 1.807) is 0 Å². The lowest BCUT2D eigenvalue weighted by Gasteiger charge is -2.31. The van der Waals surface area contributed by atoms with Gasteiger partial charge in [0.25, 0.3) is 5.56 Å². The van der Waals surface area contributed by atoms with Crippen LogP contribution in [0.15, 0.2) is 11.1 Å². The first-order valence-electron chi connectivity index (χ1n) is 6.95. The van der Waals surface area contributed by atoms with Gasteiger partial charge >= 0.3 is 5.97 Å². The lowest BCUT2D eigenvalue weighted by atomic mass is 9.99. The number of rotatable bonds is 3. The van der Waals surface area contributed by atoms with Crippen molar-refractivity contribution in [2.75, 3.05) is 24.6 Å². The molecule has 2 aromatic heterocycles. The summed E-state index contributed by atoms with van der Waals surface area (Å²) in [5.41, 5.74) is 0.278. The van der Waals surface area contributed by atoms with Gasteiger partial charge in [-0.15, -0.1) is 0 Å². The van der Waals surface area contributed by atoms with E-state index in [2.05, 4.69) is 15.0 Å². The minimum absolute atomic E-state index is 0.128. The maximum Gasteiger partial charge on any atom is 0.310 e. The Kier molecular flexibility index (Phi) is 3.87. The second kappa shape index (κ2) is 5.80. The second-order valence-electron chi connectivity index (χ2n) is 4.92. The molecule has 1 atom stereocenters. The Morgan fingerprint density at radius 2 is 2.48 bits per heavy atom. The number of anilines is 1. The summed E-state index contributed by atoms with van der Waals surface area (Å²) in [6.07, 6.45) is 3.09. The number of fused-ring (bicyclic) bond motifs is 1. The van der Waals surface area contributed by atoms with Gasteiger partial charge in [-0.2, -0.15) is 4.98 Å². The van der Waals surface area contributed by atoms with Gasteiger partial charge in [-0.3, -0.25) is 9.59 Å². The predicted octanol–water partition coefficient (Wildman–Crippen LogP) is 1.16. The molecule has 112 valence electrons. The van der Waals surface area contributed by atoms with Crippen molar-refractivity contribution in [1.29, 1.82) is 0 Å². The van der Waals surface area contributed by atoms with E-state index in [1.165, 1.54) is 17.7 Å². The molecule has 1 fully saturated rings. The third-order valence-corrected chi connectivity index (χ3v) is 4.60. The highest BCUT2D eigenvalue weighted by Gasteiger charge is 2.28. The first kappa shape index (κ1) is 14.0. The van der Waals surface area contributed by atoms with Crippen LogP contribution in [0.5, 0.6) is 0 Å². The van der Waals surface area contributed by atoms with Crippen LogP contribution < -0.4 is 10.5 Å². The number of H-pyrrole nitrogens is 1. The second-order valence-corrected chi connectivity index (χ2v) is 5.90. The number of nitrogens with zero attached hydrogens (tertiary/aromatic N) is 3. The number of hydrogen-bond acceptors (Lipinski definition) is 7. The van der Waals surface area contributed by atoms with Gasteiger partial charge in [0, 0.05) is 13.1 Å². The minimum atomic E-state index is -0.178. The predicted molar refractivity (Wildman–Crippen MR) is 79.6 cm³/mol. The molecule has 0 radical (unpaired) electrons. The summed E-state index contributed by atoms with van der Waals surface area (Å²) >= 11 is 1.31. The van der Waals surface area contributed by atoms with Crippen molar-refractivity contribution in [3.8, 4) is 0 Å². The molecule has 0 saturated carbocycles. The number of carbonyl (C=O) groups excluding carboxylic acids is 1. The molecule has 0 aromatic carbocycles. The van der Waals surface area contributed by atoms with E-state index >= 15 is 0 Å². The molecule has 1 N–H and O–H groups in total. The number of aromatic amines is 1. The highest BCUT2D eigenvalue weighted by Crippen LogP contribution is 2.29. The van der Waals surface area contributed by atoms with Gasteiger partial charge < -0.3 is 14.6 Å². The molecule has 1 saturated heterocycles. The lowest BCUT2D eigenvalue weighted by Crippen LogP contribution is -2.39. The van der Waals surface area contributed by atoms with E-state index < -0.39 is 0 Å². The first-order chi connectivity index (χ1) is 10.2. The summed E-state index contributed by atoms with van der Waals surface area (Å²) in [4.78, 5) is 36.6. The molecule has 1 aliphatic heterocycles. The van der Waals surface area contributed by atoms with Crippen molar-refractivity contribution in [2.24, 2.45) is 5.92 Å². The Labute approximate surface area is 125 Å². The Morgan fingerprint density at radius 3 is 3.24 bits per heavy atom. The molecular formula is C13H16N4O3S. The molecule has 1 unspecified atom stereocenters. The number of nitrogens with one attached hydrogen (secondary N) is 1. The Bertz CT molecular complexity index is 711. The quantitative estimate of drug-likeness (QED) is 0.856. The summed E-state index contributed by atoms with van der Waals surface area (Å²) in [7, 11) is 0. The summed E-state index contributed by atoms with van der Waals surface area (Å²) in [5.74, 6) is -0.281. The van der Waals surface area contributed by atoms with Crippen molar-refractivity contribution in [2.45, 2.75) is 19.8 Å². The molecule has 8 heteroatoms. The summed E-state index contributed by atoms with van der Waals surface area (Å²) in [6.45, 7) is 3.62. The van der Waals surface area contributed by atoms with Crippen molar-refractivity contribution in [3.63, 3.8) is 0 Å². The number of aromatic nitrogens is 3. The van der Waals surface area contributed by atoms with Crippen molar-refractivity contribution in [1.82, 2.24) is 15.0 Å². The normalized spacial score (nSPS) is 18.9. The zero-order valence-electron chi connectivity index (χ0n) is 11.7. The van der Waals surface area contributed by atoms with Crippen LogP contribution in [-0.2, 0) is 9.53 Å². The van der Waals surface area contributed by atoms with Gasteiger partial charge in [0.15, 0.2) is 10.8 Å². The molecule has 0 spiro atoms. The van der Waals surface area contributed by atoms with Crippen LogP contribution in [0.4, 0.5) is 5.13 Å². The van der Waals surface area contributed by atoms with Crippen LogP contribution in [0.3, 0.4) is 0 Å². The van der Waals surface area contributed by atoms with E-state index in [0.29, 0.717) is 23.5 Å². The molecule has 1 aliphatic rings. The highest BCUT2D eigenvalue weighted by atomic mass is 32.1. The molecule has 3 rings (SSSR count). The highest BCUT2D eigenvalue weighted by molar-refractivity contribution is 7.22. The third kappa shape index (κ3) is 2.76. The zero-order chi connectivity index (χ0) is 14.8. The number of piperidine rings is 1. The fourth-order valence-electron chi connectivity index (χ4n) is 2.49. The number of hydrogen-bond donors (Lipinski definition) is 1. The van der Waals surface area contributed by atoms with Crippen LogP contribution in [-0.4, -0.2) is 40.6 Å². The molecule has 2 aromatic rings. The summed E-state index contributed by atoms with van der Waals surface area (Å²) in [6, 6.07) is 0. The van der Waals surface area contributed by atoms with Crippen LogP contribution in [0.1, 0.15) is 19.8 Å². The first-order valence-corrected chi connectivity index (χ1v) is 7.76. The fraction of sp³-hybridized carbons (Fsp3) is 0.538. The summed E-state index contributed by atoms with van der Waals surface area (Å²) < 4.78 is 5.61. The van der Waals surface area contributed by atoms with Gasteiger partial charge in [0.2, 0.25) is 0 Å². The molecular weight excluding hydrogens is 292 g/mol. The summed E-state index contributed by atoms with van der Waals surface area (Å²) in [5, 5.41) is 0.739. The number of thiazole rings is 1. The maximum absolute atomic E-state index is 11.9. The van der Waals surface area contributed by atoms with Crippen molar-refractivity contribution < 1.29 is 9.53 Å². The van der Waals surface area contributed by atoms with Gasteiger partial charge in [-0.1, -0.05) is 11.3 Å². The largest absolute Gasteiger partial charge is 0.466 e. The molecule has 0 aliphatic carbocycles. The Morgan fingerprint density at radius 1 is 1.62 bits per heavy atom. The average Bonchev–Trinajstić information content (AvgIpc) is 2.93. The smallest absolute Gasteiger partial charge is 0.310 e. The van der Waals surface area contributed by atoms with E-state index in [4.69, 9.17) is 4.74 Å². The average molecular weight is 308 g/mol. The zero-order valence-corrected chi connectivity index (χ0v) is 12.5. The monoisotopic (exact) mass is 308 g/mol. The number of ether oxygens (including phenoxy) is 1. The number of esters is 1. The topological polar surface area (TPSA) is 88.2 Å². The van der Waals surface area contributed by atoms with Gasteiger partial charge in [0.05, 0.1) is 18.9 Å². The molecule has 0 amide bonds. The van der Waals surface area contributed by atoms with E-state index in [9.17, 15) is 9.59 Å². The standard InChI is InChI=1S/C13H16N4O3S/c1-2-20-12(19)8-4-3-5-17(6-8)13-16-10-9(21-13)11(18)15-7-14-10/h7-8H,2-6H2,1H3,(H,14,15,18). The molecule has 21 heavy (non-hydrogen) atoms. The van der Waals surface area contributed by atoms with Gasteiger partial charge in [0.1, 0.15) is 4.70 Å². The van der Waals surface area contributed by atoms with Crippen LogP contribution in [0, 0.1) is 5.92 Å². The van der Waals surface area contributed by atoms with Gasteiger partial charge in [-0.25, -0.2) is 4.98 Å². The Balaban J connectivity index is 1.83. The Hall–Kier alpha value is -1.96. The van der Waals surface area contributed by atoms with E-state index in [-0.39, 0.29) is 17.4 Å². The van der Waals surface area contributed by atoms with Crippen molar-refractivity contribution >= 4 is 32.8 Å². The van der Waals surface area contributed by atoms with Crippen LogP contribution in [0.2, 0.25) is 0 Å². The molecule has 3 heterocycles. The molecule has 0 bridgehead atoms. The van der Waals surface area contributed by atoms with Crippen LogP contribution >= 0.6 is 11.3 Å². The maximum atomic E-state index is 11.9. The molecule has 7 nitrogen and oxygen atoms in total. The lowest BCUT2D eigenvalue weighted by molar-refractivity contribution is -0.148. The van der Waals surface area contributed by atoms with Crippen LogP contribution in [0.25, 0.3) is 10.3 Å². The third-order valence-electron chi connectivity index (χ3n) is 3.50. The fourth-order valence-corrected chi connectivity index (χ4v) is 3.44. The SMILES string of the molecule is CCOC(=O)C1CCCN(c2nc3nc[nH]c(=O)c3s2)C1.